The number of aromatic nitrogens is 2. The van der Waals surface area contributed by atoms with Crippen LogP contribution in [0.25, 0.3) is 10.9 Å². The van der Waals surface area contributed by atoms with Gasteiger partial charge in [0.05, 0.1) is 35.8 Å². The number of aliphatic hydroxyl groups is 1. The molecule has 0 unspecified atom stereocenters. The zero-order chi connectivity index (χ0) is 26.9. The summed E-state index contributed by atoms with van der Waals surface area (Å²) in [6.07, 6.45) is 2.24. The van der Waals surface area contributed by atoms with E-state index < -0.39 is 28.5 Å². The van der Waals surface area contributed by atoms with Gasteiger partial charge in [0.15, 0.2) is 0 Å². The molecule has 2 aliphatic heterocycles. The van der Waals surface area contributed by atoms with Crippen LogP contribution in [-0.4, -0.2) is 69.5 Å². The first-order chi connectivity index (χ1) is 18.2. The number of benzene rings is 2. The molecule has 3 aromatic rings. The number of carbonyl (C=O) groups excluding carboxylic acids is 1. The van der Waals surface area contributed by atoms with Gasteiger partial charge < -0.3 is 25.2 Å². The van der Waals surface area contributed by atoms with Crippen molar-refractivity contribution < 1.29 is 19.4 Å². The monoisotopic (exact) mass is 522 g/mol. The summed E-state index contributed by atoms with van der Waals surface area (Å²) in [5.41, 5.74) is 3.62. The average Bonchev–Trinajstić information content (AvgIpc) is 2.91. The van der Waals surface area contributed by atoms with E-state index in [9.17, 15) is 19.5 Å². The molecule has 2 aliphatic rings. The quantitative estimate of drug-likeness (QED) is 0.420. The van der Waals surface area contributed by atoms with Gasteiger partial charge in [-0.1, -0.05) is 18.2 Å². The fourth-order valence-corrected chi connectivity index (χ4v) is 5.56. The molecule has 1 spiro atoms. The zero-order valence-electron chi connectivity index (χ0n) is 21.5. The molecule has 3 heterocycles. The largest absolute Gasteiger partial charge is 0.494 e. The Morgan fingerprint density at radius 1 is 1.18 bits per heavy atom. The van der Waals surface area contributed by atoms with E-state index in [0.29, 0.717) is 67.7 Å². The number of hydrogen-bond acceptors (Lipinski definition) is 7. The molecule has 4 N–H and O–H groups in total. The Balaban J connectivity index is 1.34. The summed E-state index contributed by atoms with van der Waals surface area (Å²) < 4.78 is 13.4. The summed E-state index contributed by atoms with van der Waals surface area (Å²) in [5, 5.41) is 11.7. The molecule has 38 heavy (non-hydrogen) atoms. The Kier molecular flexibility index (Phi) is 7.13. The number of ether oxygens (including phenoxy) is 2. The van der Waals surface area contributed by atoms with Crippen molar-refractivity contribution in [1.82, 2.24) is 14.5 Å². The second kappa shape index (κ2) is 10.4. The van der Waals surface area contributed by atoms with Crippen molar-refractivity contribution in [2.24, 2.45) is 5.73 Å². The Labute approximate surface area is 220 Å². The first-order valence-electron chi connectivity index (χ1n) is 13.1. The number of nitrogens with zero attached hydrogens (tertiary/aromatic N) is 2. The Morgan fingerprint density at radius 2 is 1.95 bits per heavy atom. The van der Waals surface area contributed by atoms with Crippen molar-refractivity contribution in [3.63, 3.8) is 0 Å². The maximum atomic E-state index is 13.3. The molecule has 1 aromatic heterocycles. The molecular formula is C28H34N4O6. The molecule has 1 amide bonds. The average molecular weight is 523 g/mol. The fourth-order valence-electron chi connectivity index (χ4n) is 5.56. The molecule has 0 aliphatic carbocycles. The number of amides is 1. The number of rotatable bonds is 6. The third-order valence-electron chi connectivity index (χ3n) is 7.77. The molecule has 202 valence electrons. The second-order valence-electron chi connectivity index (χ2n) is 10.5. The predicted molar refractivity (Wildman–Crippen MR) is 143 cm³/mol. The second-order valence-corrected chi connectivity index (χ2v) is 10.5. The molecule has 5 rings (SSSR count). The molecule has 2 fully saturated rings. The maximum absolute atomic E-state index is 13.3. The number of fused-ring (bicyclic) bond motifs is 1. The van der Waals surface area contributed by atoms with E-state index in [-0.39, 0.29) is 12.5 Å². The van der Waals surface area contributed by atoms with Gasteiger partial charge in [-0.2, -0.15) is 0 Å². The fraction of sp³-hybridized carbons (Fsp3) is 0.464. The lowest BCUT2D eigenvalue weighted by molar-refractivity contribution is -0.199. The lowest BCUT2D eigenvalue weighted by Crippen LogP contribution is -2.59. The number of para-hydroxylation sites is 1. The highest BCUT2D eigenvalue weighted by atomic mass is 16.5. The van der Waals surface area contributed by atoms with Crippen molar-refractivity contribution in [2.45, 2.75) is 49.9 Å². The van der Waals surface area contributed by atoms with Gasteiger partial charge in [0.25, 0.3) is 11.5 Å². The van der Waals surface area contributed by atoms with Gasteiger partial charge in [0.1, 0.15) is 11.4 Å². The van der Waals surface area contributed by atoms with Crippen molar-refractivity contribution >= 4 is 16.8 Å². The number of hydrogen-bond donors (Lipinski definition) is 3. The minimum absolute atomic E-state index is 0.0354. The number of aromatic amines is 1. The number of piperidine rings is 1. The molecule has 0 bridgehead atoms. The third-order valence-corrected chi connectivity index (χ3v) is 7.77. The Hall–Kier alpha value is -3.47. The minimum atomic E-state index is -1.33. The molecule has 0 saturated carbocycles. The van der Waals surface area contributed by atoms with Gasteiger partial charge >= 0.3 is 5.69 Å². The first-order valence-corrected chi connectivity index (χ1v) is 13.1. The SMILES string of the molecule is C[C@]1(O)COC2(CCN(C(=O)c3cccc(OCCCN)c3)CC2)C[C@@H]1n1c(=O)[nH]c(=O)c2ccccc21. The van der Waals surface area contributed by atoms with Crippen LogP contribution in [-0.2, 0) is 4.74 Å². The topological polar surface area (TPSA) is 140 Å². The van der Waals surface area contributed by atoms with Crippen LogP contribution in [0.3, 0.4) is 0 Å². The maximum Gasteiger partial charge on any atom is 0.329 e. The summed E-state index contributed by atoms with van der Waals surface area (Å²) in [5.74, 6) is 0.559. The van der Waals surface area contributed by atoms with Crippen molar-refractivity contribution in [3.8, 4) is 5.75 Å². The van der Waals surface area contributed by atoms with Gasteiger partial charge in [0.2, 0.25) is 0 Å². The number of nitrogens with two attached hydrogens (primary N) is 1. The van der Waals surface area contributed by atoms with Crippen LogP contribution >= 0.6 is 0 Å². The molecule has 10 nitrogen and oxygen atoms in total. The Morgan fingerprint density at radius 3 is 2.71 bits per heavy atom. The molecule has 2 atom stereocenters. The molecule has 0 radical (unpaired) electrons. The van der Waals surface area contributed by atoms with E-state index in [1.807, 2.05) is 6.07 Å². The summed E-state index contributed by atoms with van der Waals surface area (Å²) in [6, 6.07) is 13.4. The van der Waals surface area contributed by atoms with Gasteiger partial charge in [-0.3, -0.25) is 19.1 Å². The molecule has 2 aromatic carbocycles. The van der Waals surface area contributed by atoms with Gasteiger partial charge in [-0.15, -0.1) is 0 Å². The zero-order valence-corrected chi connectivity index (χ0v) is 21.5. The van der Waals surface area contributed by atoms with E-state index in [1.165, 1.54) is 4.57 Å². The molecular weight excluding hydrogens is 488 g/mol. The van der Waals surface area contributed by atoms with Crippen LogP contribution in [0.2, 0.25) is 0 Å². The Bertz CT molecular complexity index is 1440. The van der Waals surface area contributed by atoms with Crippen LogP contribution in [0.1, 0.15) is 49.0 Å². The highest BCUT2D eigenvalue weighted by Gasteiger charge is 2.50. The highest BCUT2D eigenvalue weighted by molar-refractivity contribution is 5.94. The number of nitrogens with one attached hydrogen (secondary N) is 1. The van der Waals surface area contributed by atoms with Crippen LogP contribution < -0.4 is 21.7 Å². The van der Waals surface area contributed by atoms with E-state index in [4.69, 9.17) is 15.2 Å². The van der Waals surface area contributed by atoms with Crippen molar-refractivity contribution in [2.75, 3.05) is 32.8 Å². The number of carbonyl (C=O) groups is 1. The predicted octanol–water partition coefficient (Wildman–Crippen LogP) is 1.80. The number of H-pyrrole nitrogens is 1. The van der Waals surface area contributed by atoms with Gasteiger partial charge in [-0.05, 0) is 63.1 Å². The van der Waals surface area contributed by atoms with Crippen LogP contribution in [0.15, 0.2) is 58.1 Å². The van der Waals surface area contributed by atoms with E-state index in [0.717, 1.165) is 6.42 Å². The summed E-state index contributed by atoms with van der Waals surface area (Å²) in [4.78, 5) is 42.9. The highest BCUT2D eigenvalue weighted by Crippen LogP contribution is 2.44. The van der Waals surface area contributed by atoms with Crippen LogP contribution in [0.4, 0.5) is 0 Å². The summed E-state index contributed by atoms with van der Waals surface area (Å²) in [7, 11) is 0. The normalized spacial score (nSPS) is 23.0. The van der Waals surface area contributed by atoms with E-state index >= 15 is 0 Å². The third kappa shape index (κ3) is 4.99. The smallest absolute Gasteiger partial charge is 0.329 e. The summed E-state index contributed by atoms with van der Waals surface area (Å²) in [6.45, 7) is 3.68. The lowest BCUT2D eigenvalue weighted by atomic mass is 9.77. The van der Waals surface area contributed by atoms with E-state index in [1.54, 1.807) is 54.3 Å². The summed E-state index contributed by atoms with van der Waals surface area (Å²) >= 11 is 0. The lowest BCUT2D eigenvalue weighted by Gasteiger charge is -2.51. The van der Waals surface area contributed by atoms with Crippen LogP contribution in [0.5, 0.6) is 5.75 Å². The molecule has 2 saturated heterocycles. The van der Waals surface area contributed by atoms with Gasteiger partial charge in [0, 0.05) is 25.1 Å². The first kappa shape index (κ1) is 26.1. The minimum Gasteiger partial charge on any atom is -0.494 e. The van der Waals surface area contributed by atoms with E-state index in [2.05, 4.69) is 4.98 Å². The number of likely N-dealkylation sites (tertiary alicyclic amines) is 1. The van der Waals surface area contributed by atoms with Crippen molar-refractivity contribution in [1.29, 1.82) is 0 Å². The van der Waals surface area contributed by atoms with Gasteiger partial charge in [-0.25, -0.2) is 4.79 Å². The van der Waals surface area contributed by atoms with Crippen LogP contribution in [0, 0.1) is 0 Å². The standard InChI is InChI=1S/C28H34N4O6/c1-27(36)18-38-28(17-23(27)32-22-9-3-2-8-21(22)24(33)30-26(32)35)10-13-31(14-11-28)25(34)19-6-4-7-20(16-19)37-15-5-12-29/h2-4,6-9,16,23,36H,5,10-15,17-18,29H2,1H3,(H,30,33,35)/t23-,27-/m0/s1. The molecule has 10 heteroatoms. The van der Waals surface area contributed by atoms with Crippen molar-refractivity contribution in [3.05, 3.63) is 74.9 Å².